The summed E-state index contributed by atoms with van der Waals surface area (Å²) in [5, 5.41) is 11.5. The SMILES string of the molecule is CC(C)(C)c1cc(C#N)ccc1Oc1ncc(NC=O)cn1. The molecule has 6 nitrogen and oxygen atoms in total. The van der Waals surface area contributed by atoms with Gasteiger partial charge in [-0.3, -0.25) is 4.79 Å². The lowest BCUT2D eigenvalue weighted by Gasteiger charge is -2.22. The second-order valence-corrected chi connectivity index (χ2v) is 5.69. The first kappa shape index (κ1) is 15.4. The molecule has 1 aromatic carbocycles. The van der Waals surface area contributed by atoms with Crippen LogP contribution in [0.15, 0.2) is 30.6 Å². The molecule has 0 aliphatic rings. The van der Waals surface area contributed by atoms with Crippen molar-refractivity contribution in [1.82, 2.24) is 9.97 Å². The maximum Gasteiger partial charge on any atom is 0.322 e. The van der Waals surface area contributed by atoms with Crippen molar-refractivity contribution in [3.8, 4) is 17.8 Å². The van der Waals surface area contributed by atoms with Gasteiger partial charge in [-0.2, -0.15) is 5.26 Å². The summed E-state index contributed by atoms with van der Waals surface area (Å²) in [6, 6.07) is 7.52. The van der Waals surface area contributed by atoms with E-state index in [-0.39, 0.29) is 11.4 Å². The highest BCUT2D eigenvalue weighted by atomic mass is 16.5. The molecule has 0 unspecified atom stereocenters. The summed E-state index contributed by atoms with van der Waals surface area (Å²) >= 11 is 0. The fraction of sp³-hybridized carbons (Fsp3) is 0.250. The van der Waals surface area contributed by atoms with E-state index in [4.69, 9.17) is 10.00 Å². The minimum absolute atomic E-state index is 0.173. The van der Waals surface area contributed by atoms with Gasteiger partial charge in [0.15, 0.2) is 0 Å². The molecule has 0 fully saturated rings. The molecule has 112 valence electrons. The molecule has 22 heavy (non-hydrogen) atoms. The van der Waals surface area contributed by atoms with Crippen LogP contribution in [0, 0.1) is 11.3 Å². The van der Waals surface area contributed by atoms with Crippen molar-refractivity contribution in [3.63, 3.8) is 0 Å². The molecule has 2 aromatic rings. The summed E-state index contributed by atoms with van der Waals surface area (Å²) in [5.41, 5.74) is 1.76. The molecule has 0 radical (unpaired) electrons. The number of carbonyl (C=O) groups excluding carboxylic acids is 1. The summed E-state index contributed by atoms with van der Waals surface area (Å²) in [6.07, 6.45) is 3.46. The van der Waals surface area contributed by atoms with Gasteiger partial charge in [-0.05, 0) is 23.6 Å². The molecular formula is C16H16N4O2. The normalized spacial score (nSPS) is 10.6. The van der Waals surface area contributed by atoms with Crippen LogP contribution in [0.2, 0.25) is 0 Å². The van der Waals surface area contributed by atoms with Gasteiger partial charge in [0.2, 0.25) is 6.41 Å². The predicted molar refractivity (Wildman–Crippen MR) is 81.6 cm³/mol. The molecule has 0 aliphatic heterocycles. The number of amides is 1. The Labute approximate surface area is 128 Å². The van der Waals surface area contributed by atoms with Gasteiger partial charge in [0.05, 0.1) is 29.7 Å². The minimum Gasteiger partial charge on any atom is -0.424 e. The second kappa shape index (κ2) is 6.22. The summed E-state index contributed by atoms with van der Waals surface area (Å²) in [6.45, 7) is 6.11. The third kappa shape index (κ3) is 3.58. The number of nitriles is 1. The van der Waals surface area contributed by atoms with Gasteiger partial charge in [-0.15, -0.1) is 0 Å². The molecule has 0 bridgehead atoms. The van der Waals surface area contributed by atoms with Crippen molar-refractivity contribution in [3.05, 3.63) is 41.7 Å². The van der Waals surface area contributed by atoms with Gasteiger partial charge in [0.25, 0.3) is 0 Å². The number of carbonyl (C=O) groups is 1. The standard InChI is InChI=1S/C16H16N4O2/c1-16(2,3)13-6-11(7-17)4-5-14(13)22-15-18-8-12(9-19-15)20-10-21/h4-6,8-10H,1-3H3,(H,20,21). The molecule has 0 spiro atoms. The number of hydrogen-bond acceptors (Lipinski definition) is 5. The van der Waals surface area contributed by atoms with Gasteiger partial charge in [-0.25, -0.2) is 9.97 Å². The topological polar surface area (TPSA) is 87.9 Å². The predicted octanol–water partition coefficient (Wildman–Crippen LogP) is 3.01. The molecule has 1 amide bonds. The molecular weight excluding hydrogens is 280 g/mol. The summed E-state index contributed by atoms with van der Waals surface area (Å²) < 4.78 is 5.72. The Bertz CT molecular complexity index is 712. The van der Waals surface area contributed by atoms with Gasteiger partial charge in [-0.1, -0.05) is 20.8 Å². The van der Waals surface area contributed by atoms with Crippen LogP contribution in [0.3, 0.4) is 0 Å². The zero-order valence-corrected chi connectivity index (χ0v) is 12.6. The maximum absolute atomic E-state index is 10.3. The molecule has 0 saturated carbocycles. The van der Waals surface area contributed by atoms with Crippen LogP contribution in [0.25, 0.3) is 0 Å². The molecule has 6 heteroatoms. The number of nitrogens with zero attached hydrogens (tertiary/aromatic N) is 3. The molecule has 1 heterocycles. The number of rotatable bonds is 4. The van der Waals surface area contributed by atoms with Crippen molar-refractivity contribution < 1.29 is 9.53 Å². The molecule has 0 aliphatic carbocycles. The fourth-order valence-corrected chi connectivity index (χ4v) is 1.88. The summed E-state index contributed by atoms with van der Waals surface area (Å²) in [7, 11) is 0. The second-order valence-electron chi connectivity index (χ2n) is 5.69. The molecule has 1 aromatic heterocycles. The zero-order valence-electron chi connectivity index (χ0n) is 12.6. The lowest BCUT2D eigenvalue weighted by atomic mass is 9.85. The zero-order chi connectivity index (χ0) is 16.2. The van der Waals surface area contributed by atoms with Crippen LogP contribution in [0.4, 0.5) is 5.69 Å². The lowest BCUT2D eigenvalue weighted by Crippen LogP contribution is -2.13. The van der Waals surface area contributed by atoms with E-state index in [1.165, 1.54) is 12.4 Å². The van der Waals surface area contributed by atoms with E-state index >= 15 is 0 Å². The van der Waals surface area contributed by atoms with Crippen molar-refractivity contribution in [1.29, 1.82) is 5.26 Å². The van der Waals surface area contributed by atoms with Crippen molar-refractivity contribution in [2.24, 2.45) is 0 Å². The number of anilines is 1. The molecule has 2 rings (SSSR count). The highest BCUT2D eigenvalue weighted by Gasteiger charge is 2.20. The Morgan fingerprint density at radius 2 is 1.95 bits per heavy atom. The Morgan fingerprint density at radius 1 is 1.27 bits per heavy atom. The average Bonchev–Trinajstić information content (AvgIpc) is 2.49. The Morgan fingerprint density at radius 3 is 2.50 bits per heavy atom. The Balaban J connectivity index is 2.32. The third-order valence-electron chi connectivity index (χ3n) is 2.97. The van der Waals surface area contributed by atoms with Gasteiger partial charge in [0, 0.05) is 5.56 Å². The monoisotopic (exact) mass is 296 g/mol. The van der Waals surface area contributed by atoms with Crippen LogP contribution in [-0.4, -0.2) is 16.4 Å². The van der Waals surface area contributed by atoms with Crippen LogP contribution in [0.1, 0.15) is 31.9 Å². The minimum atomic E-state index is -0.193. The van der Waals surface area contributed by atoms with Crippen LogP contribution in [-0.2, 0) is 10.2 Å². The average molecular weight is 296 g/mol. The van der Waals surface area contributed by atoms with Crippen LogP contribution < -0.4 is 10.1 Å². The maximum atomic E-state index is 10.3. The first-order chi connectivity index (χ1) is 10.4. The smallest absolute Gasteiger partial charge is 0.322 e. The van der Waals surface area contributed by atoms with E-state index in [1.54, 1.807) is 18.2 Å². The van der Waals surface area contributed by atoms with Crippen LogP contribution >= 0.6 is 0 Å². The number of aromatic nitrogens is 2. The van der Waals surface area contributed by atoms with Crippen molar-refractivity contribution in [2.75, 3.05) is 5.32 Å². The number of benzene rings is 1. The van der Waals surface area contributed by atoms with E-state index in [9.17, 15) is 4.79 Å². The first-order valence-corrected chi connectivity index (χ1v) is 6.69. The Hall–Kier alpha value is -2.94. The molecule has 1 N–H and O–H groups in total. The van der Waals surface area contributed by atoms with Crippen molar-refractivity contribution >= 4 is 12.1 Å². The number of nitrogens with one attached hydrogen (secondary N) is 1. The molecule has 0 saturated heterocycles. The van der Waals surface area contributed by atoms with Crippen molar-refractivity contribution in [2.45, 2.75) is 26.2 Å². The van der Waals surface area contributed by atoms with E-state index in [0.29, 0.717) is 23.4 Å². The van der Waals surface area contributed by atoms with Gasteiger partial charge >= 0.3 is 6.01 Å². The Kier molecular flexibility index (Phi) is 4.37. The number of ether oxygens (including phenoxy) is 1. The first-order valence-electron chi connectivity index (χ1n) is 6.69. The van der Waals surface area contributed by atoms with E-state index < -0.39 is 0 Å². The van der Waals surface area contributed by atoms with Gasteiger partial charge < -0.3 is 10.1 Å². The van der Waals surface area contributed by atoms with E-state index in [2.05, 4.69) is 21.4 Å². The summed E-state index contributed by atoms with van der Waals surface area (Å²) in [5.74, 6) is 0.600. The van der Waals surface area contributed by atoms with E-state index in [1.807, 2.05) is 20.8 Å². The highest BCUT2D eigenvalue weighted by Crippen LogP contribution is 2.34. The lowest BCUT2D eigenvalue weighted by molar-refractivity contribution is -0.105. The quantitative estimate of drug-likeness (QED) is 0.876. The van der Waals surface area contributed by atoms with Gasteiger partial charge in [0.1, 0.15) is 5.75 Å². The largest absolute Gasteiger partial charge is 0.424 e. The third-order valence-corrected chi connectivity index (χ3v) is 2.97. The van der Waals surface area contributed by atoms with Crippen LogP contribution in [0.5, 0.6) is 11.8 Å². The summed E-state index contributed by atoms with van der Waals surface area (Å²) in [4.78, 5) is 18.4. The number of hydrogen-bond donors (Lipinski definition) is 1. The van der Waals surface area contributed by atoms with E-state index in [0.717, 1.165) is 5.56 Å². The highest BCUT2D eigenvalue weighted by molar-refractivity contribution is 5.69. The molecule has 0 atom stereocenters. The fourth-order valence-electron chi connectivity index (χ4n) is 1.88.